The highest BCUT2D eigenvalue weighted by Crippen LogP contribution is 2.31. The molecule has 1 atom stereocenters. The van der Waals surface area contributed by atoms with E-state index < -0.39 is 0 Å². The molecule has 0 bridgehead atoms. The van der Waals surface area contributed by atoms with Crippen LogP contribution in [0.25, 0.3) is 11.0 Å². The first kappa shape index (κ1) is 15.7. The van der Waals surface area contributed by atoms with Crippen molar-refractivity contribution >= 4 is 22.8 Å². The van der Waals surface area contributed by atoms with Crippen molar-refractivity contribution in [3.63, 3.8) is 0 Å². The number of carbonyl (C=O) groups excluding carboxylic acids is 2. The molecule has 5 nitrogen and oxygen atoms in total. The molecule has 1 unspecified atom stereocenters. The molecular formula is C18H23N3O2. The fourth-order valence-electron chi connectivity index (χ4n) is 3.10. The van der Waals surface area contributed by atoms with Gasteiger partial charge in [0.15, 0.2) is 0 Å². The Hall–Kier alpha value is -2.17. The lowest BCUT2D eigenvalue weighted by atomic mass is 9.82. The van der Waals surface area contributed by atoms with E-state index in [2.05, 4.69) is 44.3 Å². The van der Waals surface area contributed by atoms with Crippen LogP contribution in [0.3, 0.4) is 0 Å². The molecule has 3 rings (SSSR count). The molecule has 0 saturated carbocycles. The smallest absolute Gasteiger partial charge is 0.237 e. The summed E-state index contributed by atoms with van der Waals surface area (Å²) in [6.45, 7) is 6.62. The molecule has 2 amide bonds. The van der Waals surface area contributed by atoms with E-state index in [1.54, 1.807) is 0 Å². The summed E-state index contributed by atoms with van der Waals surface area (Å²) in [5.41, 5.74) is 3.27. The van der Waals surface area contributed by atoms with Crippen molar-refractivity contribution < 1.29 is 9.59 Å². The van der Waals surface area contributed by atoms with E-state index in [0.29, 0.717) is 12.8 Å². The molecule has 122 valence electrons. The van der Waals surface area contributed by atoms with Crippen molar-refractivity contribution in [3.8, 4) is 0 Å². The van der Waals surface area contributed by atoms with Crippen LogP contribution < -0.4 is 5.32 Å². The zero-order chi connectivity index (χ0) is 16.8. The van der Waals surface area contributed by atoms with Crippen molar-refractivity contribution in [2.75, 3.05) is 0 Å². The van der Waals surface area contributed by atoms with E-state index in [-0.39, 0.29) is 23.1 Å². The first-order valence-corrected chi connectivity index (χ1v) is 8.14. The third kappa shape index (κ3) is 2.64. The van der Waals surface area contributed by atoms with E-state index in [4.69, 9.17) is 4.98 Å². The number of fused-ring (bicyclic) bond motifs is 1. The minimum atomic E-state index is -0.354. The maximum Gasteiger partial charge on any atom is 0.237 e. The van der Waals surface area contributed by atoms with Gasteiger partial charge in [0.05, 0.1) is 17.0 Å². The molecule has 0 radical (unpaired) electrons. The van der Waals surface area contributed by atoms with E-state index in [1.807, 2.05) is 11.6 Å². The fraction of sp³-hybridized carbons (Fsp3) is 0.500. The Morgan fingerprint density at radius 1 is 1.35 bits per heavy atom. The Morgan fingerprint density at radius 3 is 2.74 bits per heavy atom. The van der Waals surface area contributed by atoms with Gasteiger partial charge in [0.25, 0.3) is 0 Å². The number of piperidine rings is 1. The monoisotopic (exact) mass is 313 g/mol. The first-order valence-electron chi connectivity index (χ1n) is 8.14. The maximum atomic E-state index is 12.1. The van der Waals surface area contributed by atoms with Crippen molar-refractivity contribution in [2.45, 2.75) is 51.4 Å². The van der Waals surface area contributed by atoms with Crippen molar-refractivity contribution in [1.29, 1.82) is 0 Å². The van der Waals surface area contributed by atoms with Gasteiger partial charge in [-0.25, -0.2) is 4.98 Å². The van der Waals surface area contributed by atoms with Gasteiger partial charge in [-0.2, -0.15) is 0 Å². The highest BCUT2D eigenvalue weighted by Gasteiger charge is 2.31. The lowest BCUT2D eigenvalue weighted by Gasteiger charge is -2.23. The fourth-order valence-corrected chi connectivity index (χ4v) is 3.10. The number of imide groups is 1. The number of carbonyl (C=O) groups is 2. The standard InChI is InChI=1S/C18H23N3O2/c1-5-18(2,3)11-6-8-14-13(10-11)19-16(21(14)4)12-7-9-15(22)20-17(12)23/h6,8,10,12H,5,7,9H2,1-4H3,(H,20,22,23). The highest BCUT2D eigenvalue weighted by molar-refractivity contribution is 6.00. The molecule has 1 aromatic heterocycles. The predicted molar refractivity (Wildman–Crippen MR) is 89.2 cm³/mol. The van der Waals surface area contributed by atoms with Gasteiger partial charge in [0.2, 0.25) is 11.8 Å². The molecule has 2 heterocycles. The summed E-state index contributed by atoms with van der Waals surface area (Å²) in [5, 5.41) is 2.41. The van der Waals surface area contributed by atoms with Gasteiger partial charge < -0.3 is 4.57 Å². The summed E-state index contributed by atoms with van der Waals surface area (Å²) in [4.78, 5) is 28.2. The molecule has 0 spiro atoms. The van der Waals surface area contributed by atoms with Crippen LogP contribution in [0.1, 0.15) is 57.3 Å². The summed E-state index contributed by atoms with van der Waals surface area (Å²) in [6, 6.07) is 6.33. The van der Waals surface area contributed by atoms with E-state index in [1.165, 1.54) is 5.56 Å². The highest BCUT2D eigenvalue weighted by atomic mass is 16.2. The number of aromatic nitrogens is 2. The minimum Gasteiger partial charge on any atom is -0.330 e. The van der Waals surface area contributed by atoms with Crippen LogP contribution in [-0.2, 0) is 22.1 Å². The van der Waals surface area contributed by atoms with E-state index in [0.717, 1.165) is 23.3 Å². The SMILES string of the molecule is CCC(C)(C)c1ccc2c(c1)nc(C1CCC(=O)NC1=O)n2C. The lowest BCUT2D eigenvalue weighted by molar-refractivity contribution is -0.134. The Labute approximate surface area is 136 Å². The van der Waals surface area contributed by atoms with Gasteiger partial charge in [-0.05, 0) is 36.0 Å². The number of imidazole rings is 1. The largest absolute Gasteiger partial charge is 0.330 e. The number of nitrogens with zero attached hydrogens (tertiary/aromatic N) is 2. The molecule has 1 N–H and O–H groups in total. The van der Waals surface area contributed by atoms with Crippen molar-refractivity contribution in [2.24, 2.45) is 7.05 Å². The number of nitrogens with one attached hydrogen (secondary N) is 1. The summed E-state index contributed by atoms with van der Waals surface area (Å²) in [7, 11) is 1.93. The van der Waals surface area contributed by atoms with Gasteiger partial charge in [-0.3, -0.25) is 14.9 Å². The summed E-state index contributed by atoms with van der Waals surface area (Å²) >= 11 is 0. The molecule has 1 aliphatic heterocycles. The second-order valence-corrected chi connectivity index (χ2v) is 6.97. The number of hydrogen-bond donors (Lipinski definition) is 1. The van der Waals surface area contributed by atoms with E-state index in [9.17, 15) is 9.59 Å². The molecule has 0 aliphatic carbocycles. The van der Waals surface area contributed by atoms with E-state index >= 15 is 0 Å². The summed E-state index contributed by atoms with van der Waals surface area (Å²) in [6.07, 6.45) is 1.94. The lowest BCUT2D eigenvalue weighted by Crippen LogP contribution is -2.40. The van der Waals surface area contributed by atoms with Crippen LogP contribution in [-0.4, -0.2) is 21.4 Å². The van der Waals surface area contributed by atoms with Gasteiger partial charge in [0, 0.05) is 13.5 Å². The zero-order valence-corrected chi connectivity index (χ0v) is 14.1. The number of benzene rings is 1. The Bertz CT molecular complexity index is 789. The quantitative estimate of drug-likeness (QED) is 0.886. The Balaban J connectivity index is 2.05. The molecule has 1 aromatic carbocycles. The van der Waals surface area contributed by atoms with Gasteiger partial charge >= 0.3 is 0 Å². The third-order valence-corrected chi connectivity index (χ3v) is 5.13. The van der Waals surface area contributed by atoms with Crippen molar-refractivity contribution in [3.05, 3.63) is 29.6 Å². The van der Waals surface area contributed by atoms with Gasteiger partial charge in [-0.1, -0.05) is 26.8 Å². The Kier molecular flexibility index (Phi) is 3.74. The molecule has 2 aromatic rings. The molecule has 5 heteroatoms. The third-order valence-electron chi connectivity index (χ3n) is 5.13. The number of amides is 2. The van der Waals surface area contributed by atoms with Crippen LogP contribution >= 0.6 is 0 Å². The molecule has 1 fully saturated rings. The van der Waals surface area contributed by atoms with Crippen molar-refractivity contribution in [1.82, 2.24) is 14.9 Å². The first-order chi connectivity index (χ1) is 10.8. The summed E-state index contributed by atoms with van der Waals surface area (Å²) in [5.74, 6) is -0.0602. The number of hydrogen-bond acceptors (Lipinski definition) is 3. The molecule has 1 saturated heterocycles. The second kappa shape index (κ2) is 5.48. The minimum absolute atomic E-state index is 0.0977. The van der Waals surface area contributed by atoms with Crippen LogP contribution in [0, 0.1) is 0 Å². The Morgan fingerprint density at radius 2 is 2.09 bits per heavy atom. The topological polar surface area (TPSA) is 64.0 Å². The van der Waals surface area contributed by atoms with Gasteiger partial charge in [0.1, 0.15) is 5.82 Å². The normalized spacial score (nSPS) is 19.2. The van der Waals surface area contributed by atoms with Crippen LogP contribution in [0.4, 0.5) is 0 Å². The number of rotatable bonds is 3. The van der Waals surface area contributed by atoms with Crippen LogP contribution in [0.2, 0.25) is 0 Å². The van der Waals surface area contributed by atoms with Gasteiger partial charge in [-0.15, -0.1) is 0 Å². The molecule has 23 heavy (non-hydrogen) atoms. The van der Waals surface area contributed by atoms with Crippen LogP contribution in [0.5, 0.6) is 0 Å². The molecular weight excluding hydrogens is 290 g/mol. The maximum absolute atomic E-state index is 12.1. The average molecular weight is 313 g/mol. The summed E-state index contributed by atoms with van der Waals surface area (Å²) < 4.78 is 1.97. The zero-order valence-electron chi connectivity index (χ0n) is 14.1. The predicted octanol–water partition coefficient (Wildman–Crippen LogP) is 2.78. The average Bonchev–Trinajstić information content (AvgIpc) is 2.84. The second-order valence-electron chi connectivity index (χ2n) is 6.97. The number of aryl methyl sites for hydroxylation is 1. The molecule has 1 aliphatic rings. The van der Waals surface area contributed by atoms with Crippen LogP contribution in [0.15, 0.2) is 18.2 Å².